The third kappa shape index (κ3) is 4.88. The maximum Gasteiger partial charge on any atom is 0.412 e. The molecule has 0 spiro atoms. The quantitative estimate of drug-likeness (QED) is 0.835. The molecule has 1 aliphatic heterocycles. The largest absolute Gasteiger partial charge is 0.444 e. The van der Waals surface area contributed by atoms with Crippen molar-refractivity contribution >= 4 is 17.7 Å². The van der Waals surface area contributed by atoms with E-state index in [1.165, 1.54) is 6.20 Å². The fourth-order valence-corrected chi connectivity index (χ4v) is 3.29. The molecule has 1 aliphatic rings. The van der Waals surface area contributed by atoms with Crippen molar-refractivity contribution in [2.24, 2.45) is 0 Å². The molecule has 1 fully saturated rings. The number of benzene rings is 1. The van der Waals surface area contributed by atoms with Gasteiger partial charge in [-0.2, -0.15) is 0 Å². The first-order valence-corrected chi connectivity index (χ1v) is 9.68. The first kappa shape index (κ1) is 19.9. The average Bonchev–Trinajstić information content (AvgIpc) is 2.67. The summed E-state index contributed by atoms with van der Waals surface area (Å²) in [5.41, 5.74) is 1.76. The van der Waals surface area contributed by atoms with Crippen LogP contribution in [0.3, 0.4) is 0 Å². The highest BCUT2D eigenvalue weighted by atomic mass is 16.6. The van der Waals surface area contributed by atoms with Crippen LogP contribution in [0, 0.1) is 0 Å². The Kier molecular flexibility index (Phi) is 5.97. The molecule has 0 aliphatic carbocycles. The number of likely N-dealkylation sites (tertiary alicyclic amines) is 1. The highest BCUT2D eigenvalue weighted by molar-refractivity contribution is 6.07. The molecular formula is C22H27N3O3. The molecule has 2 amide bonds. The molecule has 0 radical (unpaired) electrons. The van der Waals surface area contributed by atoms with E-state index in [0.717, 1.165) is 37.9 Å². The van der Waals surface area contributed by atoms with Crippen molar-refractivity contribution < 1.29 is 14.3 Å². The molecule has 2 aromatic rings. The number of nitrogens with one attached hydrogen (secondary N) is 1. The Labute approximate surface area is 165 Å². The lowest BCUT2D eigenvalue weighted by molar-refractivity contribution is 0.0636. The van der Waals surface area contributed by atoms with Crippen molar-refractivity contribution in [3.8, 4) is 11.1 Å². The zero-order chi connectivity index (χ0) is 20.1. The first-order valence-electron chi connectivity index (χ1n) is 9.68. The summed E-state index contributed by atoms with van der Waals surface area (Å²) in [5, 5.41) is 2.73. The van der Waals surface area contributed by atoms with Crippen molar-refractivity contribution in [3.05, 3.63) is 48.3 Å². The van der Waals surface area contributed by atoms with Gasteiger partial charge < -0.3 is 9.64 Å². The number of rotatable bonds is 3. The van der Waals surface area contributed by atoms with Gasteiger partial charge in [0.05, 0.1) is 17.4 Å². The van der Waals surface area contributed by atoms with Crippen LogP contribution < -0.4 is 5.32 Å². The van der Waals surface area contributed by atoms with Crippen LogP contribution >= 0.6 is 0 Å². The predicted octanol–water partition coefficient (Wildman–Crippen LogP) is 4.72. The van der Waals surface area contributed by atoms with Gasteiger partial charge in [0.15, 0.2) is 0 Å². The summed E-state index contributed by atoms with van der Waals surface area (Å²) in [7, 11) is 0. The van der Waals surface area contributed by atoms with Gasteiger partial charge in [0.1, 0.15) is 5.60 Å². The molecule has 6 nitrogen and oxygen atoms in total. The van der Waals surface area contributed by atoms with Gasteiger partial charge in [-0.3, -0.25) is 15.1 Å². The summed E-state index contributed by atoms with van der Waals surface area (Å²) in [6.45, 7) is 6.84. The van der Waals surface area contributed by atoms with Crippen molar-refractivity contribution in [2.45, 2.75) is 45.6 Å². The molecule has 0 atom stereocenters. The molecule has 3 rings (SSSR count). The van der Waals surface area contributed by atoms with E-state index in [-0.39, 0.29) is 5.91 Å². The third-order valence-electron chi connectivity index (χ3n) is 4.52. The van der Waals surface area contributed by atoms with E-state index in [9.17, 15) is 9.59 Å². The molecular weight excluding hydrogens is 354 g/mol. The van der Waals surface area contributed by atoms with Gasteiger partial charge in [-0.1, -0.05) is 30.3 Å². The van der Waals surface area contributed by atoms with Crippen LogP contribution in [-0.2, 0) is 4.74 Å². The summed E-state index contributed by atoms with van der Waals surface area (Å²) in [6.07, 6.45) is 5.69. The topological polar surface area (TPSA) is 71.5 Å². The number of amides is 2. The first-order chi connectivity index (χ1) is 13.3. The van der Waals surface area contributed by atoms with Gasteiger partial charge in [-0.25, -0.2) is 4.79 Å². The summed E-state index contributed by atoms with van der Waals surface area (Å²) < 4.78 is 5.36. The molecule has 1 aromatic carbocycles. The zero-order valence-corrected chi connectivity index (χ0v) is 16.7. The summed E-state index contributed by atoms with van der Waals surface area (Å²) in [6, 6.07) is 9.62. The second-order valence-corrected chi connectivity index (χ2v) is 7.96. The highest BCUT2D eigenvalue weighted by Gasteiger charge is 2.26. The van der Waals surface area contributed by atoms with Gasteiger partial charge in [-0.15, -0.1) is 0 Å². The Morgan fingerprint density at radius 1 is 1.04 bits per heavy atom. The average molecular weight is 381 g/mol. The van der Waals surface area contributed by atoms with Gasteiger partial charge in [0.25, 0.3) is 5.91 Å². The number of carbonyl (C=O) groups excluding carboxylic acids is 2. The molecule has 0 bridgehead atoms. The molecule has 0 unspecified atom stereocenters. The van der Waals surface area contributed by atoms with Gasteiger partial charge >= 0.3 is 6.09 Å². The smallest absolute Gasteiger partial charge is 0.412 e. The number of ether oxygens (including phenoxy) is 1. The van der Waals surface area contributed by atoms with Crippen molar-refractivity contribution in [3.63, 3.8) is 0 Å². The number of anilines is 1. The number of hydrogen-bond donors (Lipinski definition) is 1. The Morgan fingerprint density at radius 3 is 2.36 bits per heavy atom. The van der Waals surface area contributed by atoms with Crippen LogP contribution in [0.25, 0.3) is 11.1 Å². The molecule has 6 heteroatoms. The van der Waals surface area contributed by atoms with E-state index in [0.29, 0.717) is 16.8 Å². The molecule has 2 heterocycles. The fraction of sp³-hybridized carbons (Fsp3) is 0.409. The van der Waals surface area contributed by atoms with Gasteiger partial charge in [0.2, 0.25) is 0 Å². The molecule has 28 heavy (non-hydrogen) atoms. The number of carbonyl (C=O) groups is 2. The molecule has 0 saturated carbocycles. The monoisotopic (exact) mass is 381 g/mol. The maximum absolute atomic E-state index is 13.4. The summed E-state index contributed by atoms with van der Waals surface area (Å²) in [4.78, 5) is 31.8. The van der Waals surface area contributed by atoms with Gasteiger partial charge in [-0.05, 0) is 45.6 Å². The zero-order valence-electron chi connectivity index (χ0n) is 16.7. The minimum Gasteiger partial charge on any atom is -0.444 e. The number of nitrogens with zero attached hydrogens (tertiary/aromatic N) is 2. The second-order valence-electron chi connectivity index (χ2n) is 7.96. The maximum atomic E-state index is 13.4. The van der Waals surface area contributed by atoms with Gasteiger partial charge in [0, 0.05) is 24.8 Å². The molecule has 148 valence electrons. The van der Waals surface area contributed by atoms with E-state index in [1.807, 2.05) is 35.2 Å². The Balaban J connectivity index is 2.01. The number of hydrogen-bond acceptors (Lipinski definition) is 4. The van der Waals surface area contributed by atoms with E-state index >= 15 is 0 Å². The van der Waals surface area contributed by atoms with Crippen molar-refractivity contribution in [2.75, 3.05) is 18.4 Å². The lowest BCUT2D eigenvalue weighted by Crippen LogP contribution is -2.36. The van der Waals surface area contributed by atoms with E-state index < -0.39 is 11.7 Å². The van der Waals surface area contributed by atoms with Crippen LogP contribution in [0.5, 0.6) is 0 Å². The minimum absolute atomic E-state index is 0.0907. The van der Waals surface area contributed by atoms with Crippen LogP contribution in [0.2, 0.25) is 0 Å². The third-order valence-corrected chi connectivity index (χ3v) is 4.52. The van der Waals surface area contributed by atoms with Crippen LogP contribution in [-0.4, -0.2) is 40.6 Å². The normalized spacial score (nSPS) is 14.5. The Hall–Kier alpha value is -2.89. The standard InChI is InChI=1S/C22H27N3O3/c1-22(2,3)28-21(27)24-18-15-23-14-17(16-10-6-4-7-11-16)19(18)20(26)25-12-8-5-9-13-25/h4,6-7,10-11,14-15H,5,8-9,12-13H2,1-3H3,(H,24,27). The number of piperidine rings is 1. The summed E-state index contributed by atoms with van der Waals surface area (Å²) >= 11 is 0. The van der Waals surface area contributed by atoms with E-state index in [2.05, 4.69) is 10.3 Å². The Bertz CT molecular complexity index is 838. The van der Waals surface area contributed by atoms with Crippen molar-refractivity contribution in [1.82, 2.24) is 9.88 Å². The summed E-state index contributed by atoms with van der Waals surface area (Å²) in [5.74, 6) is -0.0907. The van der Waals surface area contributed by atoms with E-state index in [1.54, 1.807) is 27.0 Å². The van der Waals surface area contributed by atoms with Crippen LogP contribution in [0.1, 0.15) is 50.4 Å². The van der Waals surface area contributed by atoms with Crippen LogP contribution in [0.15, 0.2) is 42.7 Å². The van der Waals surface area contributed by atoms with Crippen LogP contribution in [0.4, 0.5) is 10.5 Å². The van der Waals surface area contributed by atoms with E-state index in [4.69, 9.17) is 4.74 Å². The molecule has 1 saturated heterocycles. The molecule has 1 N–H and O–H groups in total. The number of aromatic nitrogens is 1. The second kappa shape index (κ2) is 8.42. The Morgan fingerprint density at radius 2 is 1.71 bits per heavy atom. The predicted molar refractivity (Wildman–Crippen MR) is 109 cm³/mol. The lowest BCUT2D eigenvalue weighted by atomic mass is 9.98. The number of pyridine rings is 1. The van der Waals surface area contributed by atoms with Crippen molar-refractivity contribution in [1.29, 1.82) is 0 Å². The highest BCUT2D eigenvalue weighted by Crippen LogP contribution is 2.30. The SMILES string of the molecule is CC(C)(C)OC(=O)Nc1cncc(-c2ccccc2)c1C(=O)N1CCCCC1. The minimum atomic E-state index is -0.633. The fourth-order valence-electron chi connectivity index (χ4n) is 3.29. The lowest BCUT2D eigenvalue weighted by Gasteiger charge is -2.28. The molecule has 1 aromatic heterocycles.